The largest absolute Gasteiger partial charge is 0.357 e. The monoisotopic (exact) mass is 376 g/mol. The summed E-state index contributed by atoms with van der Waals surface area (Å²) >= 11 is 1.45. The van der Waals surface area contributed by atoms with Crippen LogP contribution in [-0.4, -0.2) is 27.3 Å². The Kier molecular flexibility index (Phi) is 5.42. The number of aromatic nitrogens is 2. The number of aromatic amines is 1. The van der Waals surface area contributed by atoms with E-state index in [1.165, 1.54) is 16.7 Å². The van der Waals surface area contributed by atoms with Crippen molar-refractivity contribution in [3.05, 3.63) is 52.1 Å². The predicted molar refractivity (Wildman–Crippen MR) is 103 cm³/mol. The number of nitrogens with two attached hydrogens (primary N) is 1. The van der Waals surface area contributed by atoms with Crippen molar-refractivity contribution >= 4 is 40.6 Å². The average molecular weight is 377 g/mol. The van der Waals surface area contributed by atoms with Crippen molar-refractivity contribution in [3.63, 3.8) is 0 Å². The van der Waals surface area contributed by atoms with Gasteiger partial charge in [-0.2, -0.15) is 0 Å². The van der Waals surface area contributed by atoms with E-state index in [4.69, 9.17) is 5.73 Å². The Bertz CT molecular complexity index is 842. The molecule has 0 saturated carbocycles. The smallest absolute Gasteiger partial charge is 0.273 e. The van der Waals surface area contributed by atoms with Crippen LogP contribution in [0, 0.1) is 0 Å². The fraction of sp³-hybridized carbons (Fsp3) is 0.333. The van der Waals surface area contributed by atoms with Crippen LogP contribution >= 0.6 is 23.7 Å². The molecule has 0 aliphatic carbocycles. The van der Waals surface area contributed by atoms with E-state index in [2.05, 4.69) is 28.2 Å². The van der Waals surface area contributed by atoms with E-state index >= 15 is 0 Å². The van der Waals surface area contributed by atoms with Gasteiger partial charge in [0.05, 0.1) is 6.04 Å². The maximum Gasteiger partial charge on any atom is 0.273 e. The number of piperidine rings is 1. The Morgan fingerprint density at radius 1 is 1.36 bits per heavy atom. The van der Waals surface area contributed by atoms with Crippen LogP contribution in [0.2, 0.25) is 0 Å². The Labute approximate surface area is 156 Å². The molecule has 25 heavy (non-hydrogen) atoms. The number of fused-ring (bicyclic) bond motifs is 1. The normalized spacial score (nSPS) is 17.5. The molecule has 5 nitrogen and oxygen atoms in total. The molecule has 1 saturated heterocycles. The fourth-order valence-electron chi connectivity index (χ4n) is 3.42. The summed E-state index contributed by atoms with van der Waals surface area (Å²) in [6.45, 7) is 1.15. The van der Waals surface area contributed by atoms with Crippen LogP contribution in [-0.2, 0) is 6.54 Å². The van der Waals surface area contributed by atoms with E-state index in [9.17, 15) is 4.79 Å². The number of halogens is 1. The van der Waals surface area contributed by atoms with E-state index in [1.54, 1.807) is 0 Å². The Morgan fingerprint density at radius 2 is 2.20 bits per heavy atom. The summed E-state index contributed by atoms with van der Waals surface area (Å²) in [4.78, 5) is 22.8. The molecule has 0 spiro atoms. The minimum atomic E-state index is 0. The van der Waals surface area contributed by atoms with Gasteiger partial charge in [-0.05, 0) is 36.8 Å². The first-order valence-corrected chi connectivity index (χ1v) is 9.17. The quantitative estimate of drug-likeness (QED) is 0.728. The van der Waals surface area contributed by atoms with Gasteiger partial charge >= 0.3 is 0 Å². The zero-order valence-electron chi connectivity index (χ0n) is 13.8. The molecule has 1 atom stereocenters. The summed E-state index contributed by atoms with van der Waals surface area (Å²) < 4.78 is 0. The summed E-state index contributed by atoms with van der Waals surface area (Å²) in [5.41, 5.74) is 8.36. The van der Waals surface area contributed by atoms with Crippen LogP contribution in [0.1, 0.15) is 46.5 Å². The summed E-state index contributed by atoms with van der Waals surface area (Å²) in [6, 6.07) is 10.5. The number of amides is 1. The van der Waals surface area contributed by atoms with Crippen LogP contribution in [0.4, 0.5) is 0 Å². The van der Waals surface area contributed by atoms with Crippen LogP contribution in [0.5, 0.6) is 0 Å². The van der Waals surface area contributed by atoms with Gasteiger partial charge in [-0.25, -0.2) is 4.98 Å². The van der Waals surface area contributed by atoms with Gasteiger partial charge in [-0.1, -0.05) is 18.2 Å². The number of likely N-dealkylation sites (tertiary alicyclic amines) is 1. The number of nitrogens with one attached hydrogen (secondary N) is 1. The number of hydrogen-bond donors (Lipinski definition) is 2. The average Bonchev–Trinajstić information content (AvgIpc) is 3.27. The van der Waals surface area contributed by atoms with Crippen molar-refractivity contribution in [2.75, 3.05) is 6.54 Å². The van der Waals surface area contributed by atoms with E-state index in [1.807, 2.05) is 22.4 Å². The van der Waals surface area contributed by atoms with Crippen molar-refractivity contribution < 1.29 is 4.79 Å². The number of benzene rings is 1. The Morgan fingerprint density at radius 3 is 2.96 bits per heavy atom. The minimum Gasteiger partial charge on any atom is -0.357 e. The van der Waals surface area contributed by atoms with E-state index < -0.39 is 0 Å². The third-order valence-electron chi connectivity index (χ3n) is 4.62. The van der Waals surface area contributed by atoms with E-state index in [-0.39, 0.29) is 24.4 Å². The van der Waals surface area contributed by atoms with Gasteiger partial charge in [0.15, 0.2) is 0 Å². The van der Waals surface area contributed by atoms with Gasteiger partial charge in [-0.15, -0.1) is 23.7 Å². The molecule has 0 radical (unpaired) electrons. The Hall–Kier alpha value is -1.89. The molecular formula is C18H21ClN4OS. The molecule has 3 N–H and O–H groups in total. The third kappa shape index (κ3) is 3.42. The third-order valence-corrected chi connectivity index (χ3v) is 5.49. The highest BCUT2D eigenvalue weighted by molar-refractivity contribution is 7.09. The lowest BCUT2D eigenvalue weighted by Crippen LogP contribution is -2.38. The predicted octanol–water partition coefficient (Wildman–Crippen LogP) is 3.87. The van der Waals surface area contributed by atoms with Gasteiger partial charge in [0.25, 0.3) is 5.91 Å². The summed E-state index contributed by atoms with van der Waals surface area (Å²) in [5, 5.41) is 3.81. The highest BCUT2D eigenvalue weighted by Crippen LogP contribution is 2.33. The van der Waals surface area contributed by atoms with E-state index in [0.717, 1.165) is 42.0 Å². The molecule has 1 amide bonds. The van der Waals surface area contributed by atoms with Crippen molar-refractivity contribution in [2.24, 2.45) is 5.73 Å². The second-order valence-electron chi connectivity index (χ2n) is 6.15. The van der Waals surface area contributed by atoms with Crippen molar-refractivity contribution in [3.8, 4) is 0 Å². The fourth-order valence-corrected chi connectivity index (χ4v) is 4.07. The maximum atomic E-state index is 12.9. The number of thiazole rings is 1. The second-order valence-corrected chi connectivity index (χ2v) is 7.10. The Balaban J connectivity index is 0.00000182. The number of carbonyl (C=O) groups is 1. The highest BCUT2D eigenvalue weighted by atomic mass is 35.5. The second kappa shape index (κ2) is 7.56. The molecule has 1 aliphatic rings. The summed E-state index contributed by atoms with van der Waals surface area (Å²) in [7, 11) is 0. The standard InChI is InChI=1S/C18H20N4OS.ClH/c19-10-17-21-15(11-24-17)18(23)22-8-4-3-7-16(22)14-9-12-5-1-2-6-13(12)20-14;/h1-2,5-6,9,11,16,20H,3-4,7-8,10,19H2;1H. The zero-order valence-corrected chi connectivity index (χ0v) is 15.4. The van der Waals surface area contributed by atoms with Crippen molar-refractivity contribution in [1.82, 2.24) is 14.9 Å². The topological polar surface area (TPSA) is 75.0 Å². The summed E-state index contributed by atoms with van der Waals surface area (Å²) in [6.07, 6.45) is 3.15. The molecule has 1 fully saturated rings. The first-order valence-electron chi connectivity index (χ1n) is 8.29. The summed E-state index contributed by atoms with van der Waals surface area (Å²) in [5.74, 6) is 0.00862. The number of para-hydroxylation sites is 1. The maximum absolute atomic E-state index is 12.9. The SMILES string of the molecule is Cl.NCc1nc(C(=O)N2CCCCC2c2cc3ccccc3[nH]2)cs1. The van der Waals surface area contributed by atoms with Crippen LogP contribution in [0.25, 0.3) is 10.9 Å². The van der Waals surface area contributed by atoms with Gasteiger partial charge in [0.1, 0.15) is 10.7 Å². The lowest BCUT2D eigenvalue weighted by Gasteiger charge is -2.34. The van der Waals surface area contributed by atoms with Gasteiger partial charge in [0, 0.05) is 29.7 Å². The molecule has 3 aromatic rings. The van der Waals surface area contributed by atoms with Crippen LogP contribution in [0.15, 0.2) is 35.7 Å². The molecule has 7 heteroatoms. The van der Waals surface area contributed by atoms with Crippen LogP contribution in [0.3, 0.4) is 0 Å². The minimum absolute atomic E-state index is 0. The number of rotatable bonds is 3. The molecule has 3 heterocycles. The molecule has 1 aromatic carbocycles. The van der Waals surface area contributed by atoms with Gasteiger partial charge in [0.2, 0.25) is 0 Å². The lowest BCUT2D eigenvalue weighted by atomic mass is 9.99. The van der Waals surface area contributed by atoms with Gasteiger partial charge in [-0.3, -0.25) is 4.79 Å². The molecule has 2 aromatic heterocycles. The number of hydrogen-bond acceptors (Lipinski definition) is 4. The lowest BCUT2D eigenvalue weighted by molar-refractivity contribution is 0.0601. The highest BCUT2D eigenvalue weighted by Gasteiger charge is 2.30. The van der Waals surface area contributed by atoms with Crippen molar-refractivity contribution in [2.45, 2.75) is 31.8 Å². The van der Waals surface area contributed by atoms with Crippen LogP contribution < -0.4 is 5.73 Å². The molecule has 1 unspecified atom stereocenters. The molecule has 4 rings (SSSR count). The molecule has 0 bridgehead atoms. The van der Waals surface area contributed by atoms with Gasteiger partial charge < -0.3 is 15.6 Å². The molecule has 1 aliphatic heterocycles. The van der Waals surface area contributed by atoms with E-state index in [0.29, 0.717) is 12.2 Å². The number of carbonyl (C=O) groups excluding carboxylic acids is 1. The first-order chi connectivity index (χ1) is 11.8. The van der Waals surface area contributed by atoms with Crippen molar-refractivity contribution in [1.29, 1.82) is 0 Å². The molecule has 132 valence electrons. The molecular weight excluding hydrogens is 356 g/mol. The number of H-pyrrole nitrogens is 1. The zero-order chi connectivity index (χ0) is 16.5. The number of nitrogens with zero attached hydrogens (tertiary/aromatic N) is 2. The first kappa shape index (κ1) is 17.9.